The molecule has 0 spiro atoms. The largest absolute Gasteiger partial charge is 0.494 e. The molecule has 3 N–H and O–H groups in total. The zero-order valence-electron chi connectivity index (χ0n) is 18.0. The number of nitrogens with zero attached hydrogens (tertiary/aromatic N) is 2. The maximum Gasteiger partial charge on any atom is 0.261 e. The number of benzene rings is 1. The fourth-order valence-corrected chi connectivity index (χ4v) is 5.22. The second-order valence-electron chi connectivity index (χ2n) is 8.24. The molecule has 32 heavy (non-hydrogen) atoms. The van der Waals surface area contributed by atoms with Crippen molar-refractivity contribution in [1.82, 2.24) is 14.9 Å². The monoisotopic (exact) mass is 446 g/mol. The van der Waals surface area contributed by atoms with E-state index in [2.05, 4.69) is 22.5 Å². The maximum atomic E-state index is 12.8. The molecule has 2 atom stereocenters. The van der Waals surface area contributed by atoms with Crippen LogP contribution in [0.25, 0.3) is 27.8 Å². The number of nitrogens with one attached hydrogen (secondary N) is 1. The fourth-order valence-electron chi connectivity index (χ4n) is 4.41. The first kappa shape index (κ1) is 20.7. The van der Waals surface area contributed by atoms with Crippen LogP contribution in [0.3, 0.4) is 0 Å². The molecule has 4 aromatic rings. The number of methoxy groups -OCH3 is 1. The van der Waals surface area contributed by atoms with Crippen LogP contribution in [0.4, 0.5) is 0 Å². The Labute approximate surface area is 191 Å². The van der Waals surface area contributed by atoms with E-state index in [4.69, 9.17) is 10.5 Å². The smallest absolute Gasteiger partial charge is 0.261 e. The summed E-state index contributed by atoms with van der Waals surface area (Å²) in [6.45, 7) is 0. The predicted octanol–water partition coefficient (Wildman–Crippen LogP) is 4.74. The van der Waals surface area contributed by atoms with E-state index in [0.717, 1.165) is 59.2 Å². The van der Waals surface area contributed by atoms with Gasteiger partial charge in [-0.3, -0.25) is 4.79 Å². The quantitative estimate of drug-likeness (QED) is 0.464. The highest BCUT2D eigenvalue weighted by molar-refractivity contribution is 7.12. The molecule has 1 saturated carbocycles. The van der Waals surface area contributed by atoms with Gasteiger partial charge in [0.05, 0.1) is 18.2 Å². The number of pyridine rings is 1. The molecule has 1 aliphatic carbocycles. The number of hydrogen-bond acceptors (Lipinski definition) is 5. The van der Waals surface area contributed by atoms with Crippen molar-refractivity contribution in [3.63, 3.8) is 0 Å². The number of thiophene rings is 1. The Morgan fingerprint density at radius 3 is 2.75 bits per heavy atom. The van der Waals surface area contributed by atoms with Crippen molar-refractivity contribution >= 4 is 22.8 Å². The molecule has 6 nitrogen and oxygen atoms in total. The summed E-state index contributed by atoms with van der Waals surface area (Å²) in [4.78, 5) is 13.5. The van der Waals surface area contributed by atoms with Crippen molar-refractivity contribution in [2.45, 2.75) is 37.8 Å². The molecule has 1 fully saturated rings. The van der Waals surface area contributed by atoms with Gasteiger partial charge in [-0.25, -0.2) is 4.52 Å². The van der Waals surface area contributed by atoms with Crippen molar-refractivity contribution in [2.24, 2.45) is 5.73 Å². The normalized spacial score (nSPS) is 18.6. The van der Waals surface area contributed by atoms with Gasteiger partial charge in [-0.05, 0) is 41.5 Å². The zero-order valence-corrected chi connectivity index (χ0v) is 18.8. The van der Waals surface area contributed by atoms with Gasteiger partial charge in [-0.1, -0.05) is 43.2 Å². The molecule has 1 amide bonds. The SMILES string of the molecule is COc1cc(-c2ccccc2)cn2ncc(-c3csc(C(=O)NC4CCCC[C@H]4N)c3)c12. The van der Waals surface area contributed by atoms with Gasteiger partial charge in [0.1, 0.15) is 11.3 Å². The summed E-state index contributed by atoms with van der Waals surface area (Å²) in [7, 11) is 1.67. The lowest BCUT2D eigenvalue weighted by atomic mass is 9.91. The Morgan fingerprint density at radius 2 is 1.97 bits per heavy atom. The summed E-state index contributed by atoms with van der Waals surface area (Å²) in [6.07, 6.45) is 7.99. The minimum Gasteiger partial charge on any atom is -0.494 e. The summed E-state index contributed by atoms with van der Waals surface area (Å²) < 4.78 is 7.57. The van der Waals surface area contributed by atoms with Crippen LogP contribution in [0.1, 0.15) is 35.4 Å². The molecular formula is C25H26N4O2S. The summed E-state index contributed by atoms with van der Waals surface area (Å²) in [5.41, 5.74) is 11.1. The van der Waals surface area contributed by atoms with E-state index in [-0.39, 0.29) is 18.0 Å². The number of rotatable bonds is 5. The summed E-state index contributed by atoms with van der Waals surface area (Å²) in [5.74, 6) is 0.683. The van der Waals surface area contributed by atoms with E-state index in [1.54, 1.807) is 7.11 Å². The third-order valence-corrected chi connectivity index (χ3v) is 7.10. The number of amides is 1. The van der Waals surface area contributed by atoms with Crippen LogP contribution in [0, 0.1) is 0 Å². The summed E-state index contributed by atoms with van der Waals surface area (Å²) >= 11 is 1.44. The fraction of sp³-hybridized carbons (Fsp3) is 0.280. The van der Waals surface area contributed by atoms with Crippen LogP contribution in [-0.2, 0) is 0 Å². The highest BCUT2D eigenvalue weighted by Gasteiger charge is 2.24. The molecule has 164 valence electrons. The number of aromatic nitrogens is 2. The molecule has 3 heterocycles. The van der Waals surface area contributed by atoms with Crippen LogP contribution < -0.4 is 15.8 Å². The molecule has 0 radical (unpaired) electrons. The standard InChI is InChI=1S/C25H26N4O2S/c1-31-22-11-17(16-7-3-2-4-8-16)14-29-24(22)19(13-27-29)18-12-23(32-15-18)25(30)28-21-10-6-5-9-20(21)26/h2-4,7-8,11-15,20-21H,5-6,9-10,26H2,1H3,(H,28,30)/t20-,21?/m1/s1. The zero-order chi connectivity index (χ0) is 22.1. The lowest BCUT2D eigenvalue weighted by molar-refractivity contribution is 0.0925. The molecule has 1 unspecified atom stereocenters. The number of carbonyl (C=O) groups is 1. The number of hydrogen-bond donors (Lipinski definition) is 2. The Bertz CT molecular complexity index is 1250. The van der Waals surface area contributed by atoms with Crippen molar-refractivity contribution in [2.75, 3.05) is 7.11 Å². The summed E-state index contributed by atoms with van der Waals surface area (Å²) in [6, 6.07) is 14.2. The molecular weight excluding hydrogens is 420 g/mol. The van der Waals surface area contributed by atoms with Gasteiger partial charge in [0.2, 0.25) is 0 Å². The van der Waals surface area contributed by atoms with Crippen LogP contribution in [0.5, 0.6) is 5.75 Å². The van der Waals surface area contributed by atoms with Gasteiger partial charge < -0.3 is 15.8 Å². The number of ether oxygens (including phenoxy) is 1. The van der Waals surface area contributed by atoms with E-state index in [9.17, 15) is 4.79 Å². The highest BCUT2D eigenvalue weighted by Crippen LogP contribution is 2.36. The number of carbonyl (C=O) groups excluding carboxylic acids is 1. The van der Waals surface area contributed by atoms with Gasteiger partial charge in [0.25, 0.3) is 5.91 Å². The molecule has 1 aliphatic rings. The molecule has 7 heteroatoms. The van der Waals surface area contributed by atoms with Crippen LogP contribution in [0.2, 0.25) is 0 Å². The first-order valence-corrected chi connectivity index (χ1v) is 11.8. The Hall–Kier alpha value is -3.16. The van der Waals surface area contributed by atoms with Crippen molar-refractivity contribution < 1.29 is 9.53 Å². The van der Waals surface area contributed by atoms with E-state index >= 15 is 0 Å². The molecule has 3 aromatic heterocycles. The Morgan fingerprint density at radius 1 is 1.16 bits per heavy atom. The van der Waals surface area contributed by atoms with Gasteiger partial charge in [-0.2, -0.15) is 5.10 Å². The molecule has 0 aliphatic heterocycles. The van der Waals surface area contributed by atoms with E-state index in [0.29, 0.717) is 4.88 Å². The maximum absolute atomic E-state index is 12.8. The van der Waals surface area contributed by atoms with Crippen molar-refractivity contribution in [1.29, 1.82) is 0 Å². The van der Waals surface area contributed by atoms with Crippen LogP contribution in [0.15, 0.2) is 60.2 Å². The lowest BCUT2D eigenvalue weighted by Gasteiger charge is -2.29. The van der Waals surface area contributed by atoms with Crippen molar-refractivity contribution in [3.05, 3.63) is 65.1 Å². The Kier molecular flexibility index (Phi) is 5.68. The average molecular weight is 447 g/mol. The van der Waals surface area contributed by atoms with E-state index in [1.165, 1.54) is 11.3 Å². The second-order valence-corrected chi connectivity index (χ2v) is 9.15. The second kappa shape index (κ2) is 8.76. The van der Waals surface area contributed by atoms with Crippen LogP contribution in [-0.4, -0.2) is 34.7 Å². The first-order valence-electron chi connectivity index (χ1n) is 10.9. The van der Waals surface area contributed by atoms with Gasteiger partial charge >= 0.3 is 0 Å². The first-order chi connectivity index (χ1) is 15.6. The van der Waals surface area contributed by atoms with E-state index in [1.807, 2.05) is 52.6 Å². The number of nitrogens with two attached hydrogens (primary N) is 1. The third kappa shape index (κ3) is 3.89. The lowest BCUT2D eigenvalue weighted by Crippen LogP contribution is -2.49. The molecule has 0 saturated heterocycles. The third-order valence-electron chi connectivity index (χ3n) is 6.17. The van der Waals surface area contributed by atoms with Crippen LogP contribution >= 0.6 is 11.3 Å². The molecule has 0 bridgehead atoms. The van der Waals surface area contributed by atoms with E-state index < -0.39 is 0 Å². The minimum absolute atomic E-state index is 0.0369. The van der Waals surface area contributed by atoms with Gasteiger partial charge in [0.15, 0.2) is 0 Å². The van der Waals surface area contributed by atoms with Gasteiger partial charge in [0, 0.05) is 29.4 Å². The molecule has 5 rings (SSSR count). The topological polar surface area (TPSA) is 81.7 Å². The number of fused-ring (bicyclic) bond motifs is 1. The molecule has 1 aromatic carbocycles. The van der Waals surface area contributed by atoms with Crippen molar-refractivity contribution in [3.8, 4) is 28.0 Å². The highest BCUT2D eigenvalue weighted by atomic mass is 32.1. The average Bonchev–Trinajstić information content (AvgIpc) is 3.48. The van der Waals surface area contributed by atoms with Gasteiger partial charge in [-0.15, -0.1) is 11.3 Å². The minimum atomic E-state index is -0.0570. The predicted molar refractivity (Wildman–Crippen MR) is 128 cm³/mol. The summed E-state index contributed by atoms with van der Waals surface area (Å²) in [5, 5.41) is 9.70. The Balaban J connectivity index is 1.45.